The van der Waals surface area contributed by atoms with Crippen molar-refractivity contribution in [1.82, 2.24) is 5.32 Å². The number of benzene rings is 1. The van der Waals surface area contributed by atoms with Crippen LogP contribution in [0.1, 0.15) is 32.4 Å². The number of fused-ring (bicyclic) bond motifs is 1. The zero-order valence-corrected chi connectivity index (χ0v) is 12.8. The molecule has 1 aliphatic rings. The molecule has 0 saturated heterocycles. The minimum absolute atomic E-state index is 0.0251. The summed E-state index contributed by atoms with van der Waals surface area (Å²) in [7, 11) is 0. The molecule has 0 aliphatic carbocycles. The van der Waals surface area contributed by atoms with Crippen LogP contribution in [0.3, 0.4) is 0 Å². The lowest BCUT2D eigenvalue weighted by Crippen LogP contribution is -2.35. The first-order valence-corrected chi connectivity index (χ1v) is 6.97. The molecule has 3 N–H and O–H groups in total. The number of alkyl carbamates (subject to hydrolysis) is 1. The zero-order chi connectivity index (χ0) is 16.3. The van der Waals surface area contributed by atoms with Crippen LogP contribution in [0.5, 0.6) is 5.75 Å². The molecule has 0 saturated carbocycles. The number of ether oxygens (including phenoxy) is 2. The van der Waals surface area contributed by atoms with E-state index in [0.717, 1.165) is 0 Å². The molecule has 2 rings (SSSR count). The first-order chi connectivity index (χ1) is 10.3. The summed E-state index contributed by atoms with van der Waals surface area (Å²) in [5, 5.41) is 15.4. The van der Waals surface area contributed by atoms with Crippen molar-refractivity contribution >= 4 is 17.7 Å². The number of nitrogens with one attached hydrogen (secondary N) is 2. The van der Waals surface area contributed by atoms with Crippen LogP contribution in [0.2, 0.25) is 0 Å². The maximum atomic E-state index is 11.6. The van der Waals surface area contributed by atoms with Crippen molar-refractivity contribution in [2.24, 2.45) is 0 Å². The summed E-state index contributed by atoms with van der Waals surface area (Å²) in [6.07, 6.45) is -1.58. The SMILES string of the molecule is CC(C)(C)OC(=O)NCC(O)c1cccc2c1OCC(=O)N2. The summed E-state index contributed by atoms with van der Waals surface area (Å²) in [6.45, 7) is 5.15. The molecule has 1 atom stereocenters. The Morgan fingerprint density at radius 1 is 1.50 bits per heavy atom. The van der Waals surface area contributed by atoms with E-state index in [1.54, 1.807) is 39.0 Å². The van der Waals surface area contributed by atoms with E-state index in [1.807, 2.05) is 0 Å². The zero-order valence-electron chi connectivity index (χ0n) is 12.8. The number of carbonyl (C=O) groups excluding carboxylic acids is 2. The number of carbonyl (C=O) groups is 2. The Morgan fingerprint density at radius 2 is 2.23 bits per heavy atom. The molecule has 0 radical (unpaired) electrons. The van der Waals surface area contributed by atoms with E-state index >= 15 is 0 Å². The standard InChI is InChI=1S/C15H20N2O5/c1-15(2,3)22-14(20)16-7-11(18)9-5-4-6-10-13(9)21-8-12(19)17-10/h4-6,11,18H,7-8H2,1-3H3,(H,16,20)(H,17,19). The van der Waals surface area contributed by atoms with Crippen LogP contribution in [0.4, 0.5) is 10.5 Å². The topological polar surface area (TPSA) is 96.9 Å². The Bertz CT molecular complexity index is 580. The largest absolute Gasteiger partial charge is 0.481 e. The third kappa shape index (κ3) is 4.11. The summed E-state index contributed by atoms with van der Waals surface area (Å²) in [6, 6.07) is 5.06. The van der Waals surface area contributed by atoms with Crippen molar-refractivity contribution in [3.8, 4) is 5.75 Å². The van der Waals surface area contributed by atoms with E-state index in [1.165, 1.54) is 0 Å². The first-order valence-electron chi connectivity index (χ1n) is 6.97. The number of rotatable bonds is 3. The van der Waals surface area contributed by atoms with Gasteiger partial charge >= 0.3 is 6.09 Å². The van der Waals surface area contributed by atoms with Crippen molar-refractivity contribution in [1.29, 1.82) is 0 Å². The molecule has 1 heterocycles. The summed E-state index contributed by atoms with van der Waals surface area (Å²) in [5.74, 6) is 0.173. The molecule has 1 aromatic carbocycles. The highest BCUT2D eigenvalue weighted by Crippen LogP contribution is 2.34. The fourth-order valence-corrected chi connectivity index (χ4v) is 2.00. The molecule has 120 valence electrons. The maximum absolute atomic E-state index is 11.6. The van der Waals surface area contributed by atoms with Gasteiger partial charge in [0.15, 0.2) is 6.61 Å². The van der Waals surface area contributed by atoms with Crippen LogP contribution in [0, 0.1) is 0 Å². The second kappa shape index (κ2) is 6.23. The Morgan fingerprint density at radius 3 is 2.91 bits per heavy atom. The summed E-state index contributed by atoms with van der Waals surface area (Å²) >= 11 is 0. The van der Waals surface area contributed by atoms with Crippen LogP contribution in [0.15, 0.2) is 18.2 Å². The third-order valence-corrected chi connectivity index (χ3v) is 2.86. The lowest BCUT2D eigenvalue weighted by atomic mass is 10.1. The molecule has 22 heavy (non-hydrogen) atoms. The second-order valence-corrected chi connectivity index (χ2v) is 5.96. The highest BCUT2D eigenvalue weighted by atomic mass is 16.6. The van der Waals surface area contributed by atoms with Gasteiger partial charge in [-0.25, -0.2) is 4.79 Å². The Labute approximate surface area is 128 Å². The van der Waals surface area contributed by atoms with E-state index in [-0.39, 0.29) is 19.1 Å². The molecule has 7 heteroatoms. The molecular formula is C15H20N2O5. The van der Waals surface area contributed by atoms with Crippen molar-refractivity contribution in [3.63, 3.8) is 0 Å². The van der Waals surface area contributed by atoms with Gasteiger partial charge in [0.1, 0.15) is 17.5 Å². The lowest BCUT2D eigenvalue weighted by molar-refractivity contribution is -0.118. The van der Waals surface area contributed by atoms with Gasteiger partial charge in [0.05, 0.1) is 12.2 Å². The van der Waals surface area contributed by atoms with E-state index < -0.39 is 17.8 Å². The highest BCUT2D eigenvalue weighted by molar-refractivity contribution is 5.95. The van der Waals surface area contributed by atoms with Gasteiger partial charge < -0.3 is 25.2 Å². The first kappa shape index (κ1) is 16.1. The molecule has 1 aliphatic heterocycles. The van der Waals surface area contributed by atoms with Crippen molar-refractivity contribution in [3.05, 3.63) is 23.8 Å². The molecular weight excluding hydrogens is 288 g/mol. The van der Waals surface area contributed by atoms with Gasteiger partial charge in [0.2, 0.25) is 0 Å². The Kier molecular flexibility index (Phi) is 4.56. The van der Waals surface area contributed by atoms with Crippen LogP contribution < -0.4 is 15.4 Å². The van der Waals surface area contributed by atoms with Crippen LogP contribution >= 0.6 is 0 Å². The normalized spacial score (nSPS) is 15.2. The van der Waals surface area contributed by atoms with Crippen molar-refractivity contribution in [2.75, 3.05) is 18.5 Å². The summed E-state index contributed by atoms with van der Waals surface area (Å²) < 4.78 is 10.5. The average Bonchev–Trinajstić information content (AvgIpc) is 2.42. The Balaban J connectivity index is 2.02. The van der Waals surface area contributed by atoms with Gasteiger partial charge in [0.25, 0.3) is 5.91 Å². The number of para-hydroxylation sites is 1. The van der Waals surface area contributed by atoms with E-state index in [9.17, 15) is 14.7 Å². The maximum Gasteiger partial charge on any atom is 0.407 e. The monoisotopic (exact) mass is 308 g/mol. The predicted octanol–water partition coefficient (Wildman–Crippen LogP) is 1.58. The molecule has 0 fully saturated rings. The number of anilines is 1. The number of amides is 2. The van der Waals surface area contributed by atoms with Crippen LogP contribution in [-0.4, -0.2) is 35.9 Å². The van der Waals surface area contributed by atoms with Crippen LogP contribution in [0.25, 0.3) is 0 Å². The quantitative estimate of drug-likeness (QED) is 0.787. The average molecular weight is 308 g/mol. The number of aliphatic hydroxyl groups excluding tert-OH is 1. The van der Waals surface area contributed by atoms with Gasteiger partial charge in [-0.05, 0) is 26.8 Å². The molecule has 0 spiro atoms. The highest BCUT2D eigenvalue weighted by Gasteiger charge is 2.23. The minimum Gasteiger partial charge on any atom is -0.481 e. The lowest BCUT2D eigenvalue weighted by Gasteiger charge is -2.24. The molecule has 1 unspecified atom stereocenters. The van der Waals surface area contributed by atoms with Crippen LogP contribution in [-0.2, 0) is 9.53 Å². The minimum atomic E-state index is -0.975. The predicted molar refractivity (Wildman–Crippen MR) is 79.8 cm³/mol. The smallest absolute Gasteiger partial charge is 0.407 e. The number of hydrogen-bond donors (Lipinski definition) is 3. The Hall–Kier alpha value is -2.28. The van der Waals surface area contributed by atoms with E-state index in [0.29, 0.717) is 17.0 Å². The molecule has 0 bridgehead atoms. The van der Waals surface area contributed by atoms with Gasteiger partial charge in [-0.1, -0.05) is 12.1 Å². The van der Waals surface area contributed by atoms with E-state index in [4.69, 9.17) is 9.47 Å². The van der Waals surface area contributed by atoms with Gasteiger partial charge in [-0.3, -0.25) is 4.79 Å². The fourth-order valence-electron chi connectivity index (χ4n) is 2.00. The third-order valence-electron chi connectivity index (χ3n) is 2.86. The molecule has 2 amide bonds. The second-order valence-electron chi connectivity index (χ2n) is 5.96. The van der Waals surface area contributed by atoms with Crippen molar-refractivity contribution < 1.29 is 24.2 Å². The van der Waals surface area contributed by atoms with E-state index in [2.05, 4.69) is 10.6 Å². The fraction of sp³-hybridized carbons (Fsp3) is 0.467. The summed E-state index contributed by atoms with van der Waals surface area (Å²) in [5.41, 5.74) is 0.396. The van der Waals surface area contributed by atoms with Gasteiger partial charge in [-0.15, -0.1) is 0 Å². The van der Waals surface area contributed by atoms with Gasteiger partial charge in [-0.2, -0.15) is 0 Å². The number of hydrogen-bond acceptors (Lipinski definition) is 5. The molecule has 7 nitrogen and oxygen atoms in total. The van der Waals surface area contributed by atoms with Gasteiger partial charge in [0, 0.05) is 5.56 Å². The summed E-state index contributed by atoms with van der Waals surface area (Å²) in [4.78, 5) is 22.9. The molecule has 0 aromatic heterocycles. The molecule has 1 aromatic rings. The van der Waals surface area contributed by atoms with Crippen molar-refractivity contribution in [2.45, 2.75) is 32.5 Å². The number of aliphatic hydroxyl groups is 1.